The maximum Gasteiger partial charge on any atom is 0.257 e. The van der Waals surface area contributed by atoms with E-state index >= 15 is 0 Å². The Bertz CT molecular complexity index is 1160. The van der Waals surface area contributed by atoms with Crippen molar-refractivity contribution >= 4 is 38.8 Å². The number of carbonyl (C=O) groups is 2. The second kappa shape index (κ2) is 7.96. The molecule has 0 unspecified atom stereocenters. The molecule has 0 bridgehead atoms. The van der Waals surface area contributed by atoms with E-state index < -0.39 is 15.7 Å². The standard InChI is InChI=1S/C21H16ClNO4S/c1-28(26,27)19-10-6-5-9-16(19)21(25)23-18-12-11-15(22)13-17(18)20(24)14-7-3-2-4-8-14/h2-13H,1H3,(H,23,25). The van der Waals surface area contributed by atoms with Crippen molar-refractivity contribution in [2.45, 2.75) is 4.90 Å². The molecule has 142 valence electrons. The van der Waals surface area contributed by atoms with Gasteiger partial charge >= 0.3 is 0 Å². The van der Waals surface area contributed by atoms with E-state index in [2.05, 4.69) is 5.32 Å². The van der Waals surface area contributed by atoms with Gasteiger partial charge < -0.3 is 5.32 Å². The van der Waals surface area contributed by atoms with E-state index in [0.717, 1.165) is 6.26 Å². The zero-order valence-electron chi connectivity index (χ0n) is 14.8. The number of hydrogen-bond acceptors (Lipinski definition) is 4. The highest BCUT2D eigenvalue weighted by atomic mass is 35.5. The first-order chi connectivity index (χ1) is 13.3. The van der Waals surface area contributed by atoms with Gasteiger partial charge in [0.1, 0.15) is 0 Å². The van der Waals surface area contributed by atoms with Crippen molar-refractivity contribution in [2.24, 2.45) is 0 Å². The molecule has 5 nitrogen and oxygen atoms in total. The van der Waals surface area contributed by atoms with Gasteiger partial charge in [-0.2, -0.15) is 0 Å². The third-order valence-corrected chi connectivity index (χ3v) is 5.43. The average Bonchev–Trinajstić information content (AvgIpc) is 2.68. The van der Waals surface area contributed by atoms with Crippen LogP contribution in [0.1, 0.15) is 26.3 Å². The van der Waals surface area contributed by atoms with E-state index in [-0.39, 0.29) is 27.5 Å². The van der Waals surface area contributed by atoms with E-state index in [4.69, 9.17) is 11.6 Å². The van der Waals surface area contributed by atoms with E-state index in [9.17, 15) is 18.0 Å². The van der Waals surface area contributed by atoms with Gasteiger partial charge in [0.2, 0.25) is 0 Å². The van der Waals surface area contributed by atoms with Crippen LogP contribution in [0.3, 0.4) is 0 Å². The van der Waals surface area contributed by atoms with Crippen LogP contribution < -0.4 is 5.32 Å². The van der Waals surface area contributed by atoms with Crippen molar-refractivity contribution < 1.29 is 18.0 Å². The van der Waals surface area contributed by atoms with E-state index in [1.54, 1.807) is 48.5 Å². The minimum Gasteiger partial charge on any atom is -0.321 e. The summed E-state index contributed by atoms with van der Waals surface area (Å²) in [5.74, 6) is -0.944. The summed E-state index contributed by atoms with van der Waals surface area (Å²) < 4.78 is 23.9. The van der Waals surface area contributed by atoms with Crippen LogP contribution in [0.4, 0.5) is 5.69 Å². The molecule has 0 atom stereocenters. The second-order valence-corrected chi connectivity index (χ2v) is 8.53. The molecule has 0 saturated carbocycles. The number of benzene rings is 3. The van der Waals surface area contributed by atoms with Gasteiger partial charge in [-0.3, -0.25) is 9.59 Å². The number of amides is 1. The molecule has 3 rings (SSSR count). The summed E-state index contributed by atoms with van der Waals surface area (Å²) in [6.45, 7) is 0. The van der Waals surface area contributed by atoms with Gasteiger partial charge in [-0.05, 0) is 30.3 Å². The third kappa shape index (κ3) is 4.30. The Morgan fingerprint density at radius 1 is 0.857 bits per heavy atom. The van der Waals surface area contributed by atoms with Gasteiger partial charge in [-0.15, -0.1) is 0 Å². The van der Waals surface area contributed by atoms with E-state index in [1.807, 2.05) is 0 Å². The summed E-state index contributed by atoms with van der Waals surface area (Å²) in [6, 6.07) is 19.0. The molecule has 0 aromatic heterocycles. The zero-order chi connectivity index (χ0) is 20.3. The van der Waals surface area contributed by atoms with Gasteiger partial charge in [0, 0.05) is 22.4 Å². The number of anilines is 1. The normalized spacial score (nSPS) is 11.1. The summed E-state index contributed by atoms with van der Waals surface area (Å²) in [5.41, 5.74) is 0.894. The lowest BCUT2D eigenvalue weighted by atomic mass is 10.0. The quantitative estimate of drug-likeness (QED) is 0.635. The first-order valence-electron chi connectivity index (χ1n) is 8.27. The first-order valence-corrected chi connectivity index (χ1v) is 10.5. The van der Waals surface area contributed by atoms with E-state index in [1.165, 1.54) is 24.3 Å². The summed E-state index contributed by atoms with van der Waals surface area (Å²) in [6.07, 6.45) is 1.03. The van der Waals surface area contributed by atoms with E-state index in [0.29, 0.717) is 10.6 Å². The summed E-state index contributed by atoms with van der Waals surface area (Å²) >= 11 is 6.04. The van der Waals surface area contributed by atoms with Crippen LogP contribution in [-0.4, -0.2) is 26.4 Å². The van der Waals surface area contributed by atoms with Crippen molar-refractivity contribution in [2.75, 3.05) is 11.6 Å². The van der Waals surface area contributed by atoms with Gasteiger partial charge in [-0.25, -0.2) is 8.42 Å². The second-order valence-electron chi connectivity index (χ2n) is 6.11. The van der Waals surface area contributed by atoms with Crippen molar-refractivity contribution in [3.05, 3.63) is 94.5 Å². The molecular formula is C21H16ClNO4S. The fourth-order valence-electron chi connectivity index (χ4n) is 2.73. The molecule has 0 saturated heterocycles. The Morgan fingerprint density at radius 2 is 1.50 bits per heavy atom. The molecule has 1 amide bonds. The molecule has 0 fully saturated rings. The molecular weight excluding hydrogens is 398 g/mol. The Hall–Kier alpha value is -2.96. The Kier molecular flexibility index (Phi) is 5.63. The molecule has 0 spiro atoms. The molecule has 3 aromatic carbocycles. The number of sulfone groups is 1. The van der Waals surface area contributed by atoms with Crippen molar-refractivity contribution in [3.8, 4) is 0 Å². The lowest BCUT2D eigenvalue weighted by Gasteiger charge is -2.13. The van der Waals surface area contributed by atoms with Crippen molar-refractivity contribution in [1.82, 2.24) is 0 Å². The van der Waals surface area contributed by atoms with Crippen LogP contribution in [0.5, 0.6) is 0 Å². The largest absolute Gasteiger partial charge is 0.321 e. The van der Waals surface area contributed by atoms with Crippen LogP contribution >= 0.6 is 11.6 Å². The minimum atomic E-state index is -3.60. The monoisotopic (exact) mass is 413 g/mol. The maximum atomic E-state index is 12.9. The lowest BCUT2D eigenvalue weighted by molar-refractivity contribution is 0.102. The number of hydrogen-bond donors (Lipinski definition) is 1. The van der Waals surface area contributed by atoms with Crippen LogP contribution in [-0.2, 0) is 9.84 Å². The Balaban J connectivity index is 2.01. The predicted molar refractivity (Wildman–Crippen MR) is 109 cm³/mol. The number of halogens is 1. The topological polar surface area (TPSA) is 80.3 Å². The summed E-state index contributed by atoms with van der Waals surface area (Å²) in [7, 11) is -3.60. The smallest absolute Gasteiger partial charge is 0.257 e. The number of carbonyl (C=O) groups excluding carboxylic acids is 2. The van der Waals surface area contributed by atoms with Crippen molar-refractivity contribution in [1.29, 1.82) is 0 Å². The average molecular weight is 414 g/mol. The number of nitrogens with one attached hydrogen (secondary N) is 1. The number of rotatable bonds is 5. The minimum absolute atomic E-state index is 0.00180. The van der Waals surface area contributed by atoms with Crippen LogP contribution in [0.25, 0.3) is 0 Å². The number of ketones is 1. The molecule has 3 aromatic rings. The van der Waals surface area contributed by atoms with Crippen molar-refractivity contribution in [3.63, 3.8) is 0 Å². The molecule has 7 heteroatoms. The van der Waals surface area contributed by atoms with Gasteiger partial charge in [0.25, 0.3) is 5.91 Å². The fraction of sp³-hybridized carbons (Fsp3) is 0.0476. The SMILES string of the molecule is CS(=O)(=O)c1ccccc1C(=O)Nc1ccc(Cl)cc1C(=O)c1ccccc1. The molecule has 0 radical (unpaired) electrons. The van der Waals surface area contributed by atoms with Crippen LogP contribution in [0.15, 0.2) is 77.7 Å². The van der Waals surface area contributed by atoms with Gasteiger partial charge in [-0.1, -0.05) is 54.1 Å². The third-order valence-electron chi connectivity index (χ3n) is 4.04. The molecule has 1 N–H and O–H groups in total. The molecule has 28 heavy (non-hydrogen) atoms. The highest BCUT2D eigenvalue weighted by Gasteiger charge is 2.21. The van der Waals surface area contributed by atoms with Gasteiger partial charge in [0.15, 0.2) is 15.6 Å². The first kappa shape index (κ1) is 19.8. The highest BCUT2D eigenvalue weighted by molar-refractivity contribution is 7.90. The van der Waals surface area contributed by atoms with Crippen LogP contribution in [0, 0.1) is 0 Å². The van der Waals surface area contributed by atoms with Crippen LogP contribution in [0.2, 0.25) is 5.02 Å². The zero-order valence-corrected chi connectivity index (χ0v) is 16.4. The molecule has 0 heterocycles. The molecule has 0 aliphatic rings. The summed E-state index contributed by atoms with van der Waals surface area (Å²) in [4.78, 5) is 25.5. The Labute approximate surface area is 167 Å². The highest BCUT2D eigenvalue weighted by Crippen LogP contribution is 2.25. The predicted octanol–water partition coefficient (Wildman–Crippen LogP) is 4.23. The molecule has 0 aliphatic heterocycles. The lowest BCUT2D eigenvalue weighted by Crippen LogP contribution is -2.18. The maximum absolute atomic E-state index is 12.9. The summed E-state index contributed by atoms with van der Waals surface area (Å²) in [5, 5.41) is 2.98. The molecule has 0 aliphatic carbocycles. The fourth-order valence-corrected chi connectivity index (χ4v) is 3.78. The Morgan fingerprint density at radius 3 is 2.18 bits per heavy atom. The van der Waals surface area contributed by atoms with Gasteiger partial charge in [0.05, 0.1) is 16.1 Å².